The van der Waals surface area contributed by atoms with Crippen LogP contribution in [0, 0.1) is 0 Å². The lowest BCUT2D eigenvalue weighted by Gasteiger charge is -2.14. The number of fused-ring (bicyclic) bond motifs is 1. The van der Waals surface area contributed by atoms with Crippen molar-refractivity contribution in [1.82, 2.24) is 19.1 Å². The zero-order chi connectivity index (χ0) is 17.3. The molecule has 3 aromatic rings. The number of pyridine rings is 2. The zero-order valence-electron chi connectivity index (χ0n) is 13.8. The predicted octanol–water partition coefficient (Wildman–Crippen LogP) is 1.11. The molecule has 0 unspecified atom stereocenters. The maximum Gasteiger partial charge on any atom is 0.332 e. The minimum Gasteiger partial charge on any atom is -0.495 e. The molecule has 24 heavy (non-hydrogen) atoms. The van der Waals surface area contributed by atoms with Gasteiger partial charge < -0.3 is 4.74 Å². The first-order chi connectivity index (χ1) is 11.6. The largest absolute Gasteiger partial charge is 0.495 e. The van der Waals surface area contributed by atoms with Crippen molar-refractivity contribution in [2.75, 3.05) is 7.11 Å². The summed E-state index contributed by atoms with van der Waals surface area (Å²) in [6.07, 6.45) is 3.95. The number of ether oxygens (including phenoxy) is 1. The molecule has 0 aliphatic carbocycles. The highest BCUT2D eigenvalue weighted by Crippen LogP contribution is 2.24. The van der Waals surface area contributed by atoms with Gasteiger partial charge in [-0.3, -0.25) is 18.9 Å². The molecular weight excluding hydrogens is 308 g/mol. The van der Waals surface area contributed by atoms with Gasteiger partial charge in [-0.15, -0.1) is 0 Å². The van der Waals surface area contributed by atoms with Crippen LogP contribution in [-0.4, -0.2) is 26.2 Å². The molecule has 3 aromatic heterocycles. The van der Waals surface area contributed by atoms with E-state index >= 15 is 0 Å². The minimum absolute atomic E-state index is 0.0990. The average molecular weight is 326 g/mol. The summed E-state index contributed by atoms with van der Waals surface area (Å²) in [5, 5.41) is 0.315. The molecule has 3 rings (SSSR count). The molecule has 7 nitrogen and oxygen atoms in total. The van der Waals surface area contributed by atoms with Gasteiger partial charge in [0.1, 0.15) is 11.1 Å². The van der Waals surface area contributed by atoms with E-state index in [4.69, 9.17) is 4.74 Å². The van der Waals surface area contributed by atoms with Crippen molar-refractivity contribution >= 4 is 11.0 Å². The number of hydrogen-bond donors (Lipinski definition) is 0. The van der Waals surface area contributed by atoms with Crippen LogP contribution < -0.4 is 16.0 Å². The number of methoxy groups -OCH3 is 1. The first-order valence-corrected chi connectivity index (χ1v) is 7.63. The van der Waals surface area contributed by atoms with Gasteiger partial charge >= 0.3 is 5.69 Å². The number of hydrogen-bond acceptors (Lipinski definition) is 5. The monoisotopic (exact) mass is 326 g/mol. The van der Waals surface area contributed by atoms with Gasteiger partial charge in [0.05, 0.1) is 19.3 Å². The molecule has 0 saturated heterocycles. The van der Waals surface area contributed by atoms with Crippen LogP contribution in [0.4, 0.5) is 0 Å². The molecule has 0 aliphatic heterocycles. The second-order valence-electron chi connectivity index (χ2n) is 5.42. The van der Waals surface area contributed by atoms with E-state index in [9.17, 15) is 9.59 Å². The Labute approximate surface area is 138 Å². The van der Waals surface area contributed by atoms with Crippen molar-refractivity contribution in [2.24, 2.45) is 7.05 Å². The van der Waals surface area contributed by atoms with Crippen LogP contribution in [0.25, 0.3) is 11.0 Å². The van der Waals surface area contributed by atoms with Crippen LogP contribution in [0.2, 0.25) is 0 Å². The van der Waals surface area contributed by atoms with Gasteiger partial charge in [-0.1, -0.05) is 13.0 Å². The Kier molecular flexibility index (Phi) is 4.16. The molecule has 0 aromatic carbocycles. The van der Waals surface area contributed by atoms with Crippen molar-refractivity contribution in [2.45, 2.75) is 19.9 Å². The average Bonchev–Trinajstić information content (AvgIpc) is 2.62. The third kappa shape index (κ3) is 2.47. The standard InChI is InChI=1S/C17H18N4O3/c1-4-11-9-19-15-13(14(11)24-3)16(22)21(17(23)20(15)2)10-12-7-5-6-8-18-12/h5-9H,4,10H2,1-3H3. The smallest absolute Gasteiger partial charge is 0.332 e. The van der Waals surface area contributed by atoms with Gasteiger partial charge in [-0.25, -0.2) is 9.78 Å². The second-order valence-corrected chi connectivity index (χ2v) is 5.42. The van der Waals surface area contributed by atoms with E-state index in [1.807, 2.05) is 13.0 Å². The fourth-order valence-corrected chi connectivity index (χ4v) is 2.74. The maximum absolute atomic E-state index is 13.0. The molecule has 0 fully saturated rings. The molecule has 0 N–H and O–H groups in total. The highest BCUT2D eigenvalue weighted by molar-refractivity contribution is 5.82. The Morgan fingerprint density at radius 1 is 1.21 bits per heavy atom. The van der Waals surface area contributed by atoms with E-state index in [1.54, 1.807) is 31.6 Å². The van der Waals surface area contributed by atoms with Crippen molar-refractivity contribution in [3.05, 3.63) is 62.7 Å². The van der Waals surface area contributed by atoms with Crippen molar-refractivity contribution in [3.63, 3.8) is 0 Å². The van der Waals surface area contributed by atoms with E-state index in [-0.39, 0.29) is 6.54 Å². The molecule has 0 amide bonds. The van der Waals surface area contributed by atoms with Crippen molar-refractivity contribution in [1.29, 1.82) is 0 Å². The van der Waals surface area contributed by atoms with E-state index < -0.39 is 11.2 Å². The zero-order valence-corrected chi connectivity index (χ0v) is 13.8. The topological polar surface area (TPSA) is 79.0 Å². The fourth-order valence-electron chi connectivity index (χ4n) is 2.74. The van der Waals surface area contributed by atoms with Crippen LogP contribution in [0.3, 0.4) is 0 Å². The highest BCUT2D eigenvalue weighted by atomic mass is 16.5. The Bertz CT molecular complexity index is 1010. The third-order valence-corrected chi connectivity index (χ3v) is 4.01. The fraction of sp³-hybridized carbons (Fsp3) is 0.294. The normalized spacial score (nSPS) is 11.0. The summed E-state index contributed by atoms with van der Waals surface area (Å²) in [6, 6.07) is 5.37. The summed E-state index contributed by atoms with van der Waals surface area (Å²) in [5.74, 6) is 0.470. The summed E-state index contributed by atoms with van der Waals surface area (Å²) in [4.78, 5) is 34.0. The Balaban J connectivity index is 2.35. The minimum atomic E-state index is -0.433. The van der Waals surface area contributed by atoms with Crippen LogP contribution >= 0.6 is 0 Å². The molecule has 0 bridgehead atoms. The molecule has 0 atom stereocenters. The summed E-state index contributed by atoms with van der Waals surface area (Å²) in [6.45, 7) is 2.06. The molecule has 0 spiro atoms. The second kappa shape index (κ2) is 6.27. The SMILES string of the molecule is CCc1cnc2c(c1OC)c(=O)n(Cc1ccccn1)c(=O)n2C. The first-order valence-electron chi connectivity index (χ1n) is 7.63. The third-order valence-electron chi connectivity index (χ3n) is 4.01. The van der Waals surface area contributed by atoms with Crippen molar-refractivity contribution < 1.29 is 4.74 Å². The molecule has 0 saturated carbocycles. The Hall–Kier alpha value is -2.96. The van der Waals surface area contributed by atoms with Gasteiger partial charge in [0.15, 0.2) is 5.65 Å². The summed E-state index contributed by atoms with van der Waals surface area (Å²) in [5.41, 5.74) is 0.923. The van der Waals surface area contributed by atoms with Gasteiger partial charge in [0, 0.05) is 25.0 Å². The molecule has 7 heteroatoms. The van der Waals surface area contributed by atoms with Gasteiger partial charge in [-0.05, 0) is 18.6 Å². The quantitative estimate of drug-likeness (QED) is 0.717. The van der Waals surface area contributed by atoms with Crippen molar-refractivity contribution in [3.8, 4) is 5.75 Å². The van der Waals surface area contributed by atoms with Crippen LogP contribution in [0.1, 0.15) is 18.2 Å². The molecule has 3 heterocycles. The van der Waals surface area contributed by atoms with E-state index in [0.717, 1.165) is 10.1 Å². The molecule has 124 valence electrons. The maximum atomic E-state index is 13.0. The Morgan fingerprint density at radius 2 is 2.00 bits per heavy atom. The Morgan fingerprint density at radius 3 is 2.62 bits per heavy atom. The summed E-state index contributed by atoms with van der Waals surface area (Å²) >= 11 is 0. The number of nitrogens with zero attached hydrogens (tertiary/aromatic N) is 4. The first kappa shape index (κ1) is 15.9. The molecule has 0 aliphatic rings. The highest BCUT2D eigenvalue weighted by Gasteiger charge is 2.18. The predicted molar refractivity (Wildman–Crippen MR) is 90.5 cm³/mol. The van der Waals surface area contributed by atoms with Gasteiger partial charge in [0.25, 0.3) is 5.56 Å². The van der Waals surface area contributed by atoms with Crippen LogP contribution in [0.15, 0.2) is 40.2 Å². The molecular formula is C17H18N4O3. The van der Waals surface area contributed by atoms with Gasteiger partial charge in [-0.2, -0.15) is 0 Å². The lowest BCUT2D eigenvalue weighted by atomic mass is 10.1. The lowest BCUT2D eigenvalue weighted by molar-refractivity contribution is 0.413. The summed E-state index contributed by atoms with van der Waals surface area (Å²) in [7, 11) is 3.11. The number of aryl methyl sites for hydroxylation is 2. The lowest BCUT2D eigenvalue weighted by Crippen LogP contribution is -2.40. The summed E-state index contributed by atoms with van der Waals surface area (Å²) < 4.78 is 7.97. The van der Waals surface area contributed by atoms with E-state index in [2.05, 4.69) is 9.97 Å². The molecule has 0 radical (unpaired) electrons. The number of aromatic nitrogens is 4. The van der Waals surface area contributed by atoms with Crippen LogP contribution in [-0.2, 0) is 20.0 Å². The van der Waals surface area contributed by atoms with E-state index in [1.165, 1.54) is 11.7 Å². The number of rotatable bonds is 4. The van der Waals surface area contributed by atoms with E-state index in [0.29, 0.717) is 28.9 Å². The van der Waals surface area contributed by atoms with Crippen LogP contribution in [0.5, 0.6) is 5.75 Å². The van der Waals surface area contributed by atoms with Gasteiger partial charge in [0.2, 0.25) is 0 Å².